The van der Waals surface area contributed by atoms with E-state index in [4.69, 9.17) is 9.47 Å². The second-order valence-electron chi connectivity index (χ2n) is 7.63. The van der Waals surface area contributed by atoms with Crippen LogP contribution in [0.2, 0.25) is 0 Å². The molecular weight excluding hydrogens is 394 g/mol. The molecule has 2 amide bonds. The predicted molar refractivity (Wildman–Crippen MR) is 123 cm³/mol. The number of aryl methyl sites for hydroxylation is 2. The Hall–Kier alpha value is -3.06. The summed E-state index contributed by atoms with van der Waals surface area (Å²) in [6, 6.07) is 11.3. The Labute approximate surface area is 184 Å². The van der Waals surface area contributed by atoms with Gasteiger partial charge >= 0.3 is 0 Å². The molecule has 0 aliphatic carbocycles. The third-order valence-electron chi connectivity index (χ3n) is 5.41. The summed E-state index contributed by atoms with van der Waals surface area (Å²) in [5.74, 6) is 0.937. The van der Waals surface area contributed by atoms with Gasteiger partial charge in [-0.05, 0) is 63.1 Å². The van der Waals surface area contributed by atoms with E-state index in [2.05, 4.69) is 10.6 Å². The lowest BCUT2D eigenvalue weighted by atomic mass is 10.1. The summed E-state index contributed by atoms with van der Waals surface area (Å²) in [7, 11) is 5.10. The number of rotatable bonds is 10. The average Bonchev–Trinajstić information content (AvgIpc) is 2.77. The highest BCUT2D eigenvalue weighted by atomic mass is 16.5. The maximum absolute atomic E-state index is 12.5. The minimum absolute atomic E-state index is 0.0690. The van der Waals surface area contributed by atoms with Crippen molar-refractivity contribution in [2.24, 2.45) is 0 Å². The lowest BCUT2D eigenvalue weighted by molar-refractivity contribution is -0.127. The van der Waals surface area contributed by atoms with Crippen molar-refractivity contribution in [3.8, 4) is 11.5 Å². The molecule has 0 unspecified atom stereocenters. The van der Waals surface area contributed by atoms with Crippen LogP contribution >= 0.6 is 0 Å². The SMILES string of the molecule is COc1ccc(CCN(C)[C@H](C)C(=O)NCC(=O)Nc2c(C)cccc2C)cc1OC. The van der Waals surface area contributed by atoms with Crippen LogP contribution in [0.15, 0.2) is 36.4 Å². The number of nitrogens with zero attached hydrogens (tertiary/aromatic N) is 1. The molecule has 2 N–H and O–H groups in total. The van der Waals surface area contributed by atoms with Gasteiger partial charge in [-0.2, -0.15) is 0 Å². The number of hydrogen-bond acceptors (Lipinski definition) is 5. The standard InChI is InChI=1S/C24H33N3O4/c1-16-8-7-9-17(2)23(16)26-22(28)15-25-24(29)18(3)27(4)13-12-19-10-11-20(30-5)21(14-19)31-6/h7-11,14,18H,12-13,15H2,1-6H3,(H,25,29)(H,26,28)/t18-/m1/s1. The second-order valence-corrected chi connectivity index (χ2v) is 7.63. The molecule has 0 heterocycles. The lowest BCUT2D eigenvalue weighted by Crippen LogP contribution is -2.46. The first-order chi connectivity index (χ1) is 14.8. The van der Waals surface area contributed by atoms with Gasteiger partial charge in [-0.25, -0.2) is 0 Å². The zero-order valence-electron chi connectivity index (χ0n) is 19.2. The highest BCUT2D eigenvalue weighted by Crippen LogP contribution is 2.27. The summed E-state index contributed by atoms with van der Waals surface area (Å²) in [5, 5.41) is 5.60. The van der Waals surface area contributed by atoms with Crippen molar-refractivity contribution in [2.75, 3.05) is 39.7 Å². The summed E-state index contributed by atoms with van der Waals surface area (Å²) in [6.45, 7) is 6.32. The van der Waals surface area contributed by atoms with E-state index >= 15 is 0 Å². The van der Waals surface area contributed by atoms with E-state index in [0.29, 0.717) is 18.0 Å². The minimum atomic E-state index is -0.367. The number of carbonyl (C=O) groups excluding carboxylic acids is 2. The smallest absolute Gasteiger partial charge is 0.243 e. The van der Waals surface area contributed by atoms with Crippen molar-refractivity contribution in [1.82, 2.24) is 10.2 Å². The Bertz CT molecular complexity index is 893. The number of methoxy groups -OCH3 is 2. The van der Waals surface area contributed by atoms with Crippen molar-refractivity contribution < 1.29 is 19.1 Å². The second kappa shape index (κ2) is 11.4. The monoisotopic (exact) mass is 427 g/mol. The maximum atomic E-state index is 12.5. The first kappa shape index (κ1) is 24.2. The van der Waals surface area contributed by atoms with Gasteiger partial charge in [-0.15, -0.1) is 0 Å². The molecule has 0 bridgehead atoms. The molecule has 0 saturated carbocycles. The molecule has 31 heavy (non-hydrogen) atoms. The number of amides is 2. The third kappa shape index (κ3) is 6.72. The molecule has 0 saturated heterocycles. The number of likely N-dealkylation sites (N-methyl/N-ethyl adjacent to an activating group) is 1. The highest BCUT2D eigenvalue weighted by Gasteiger charge is 2.19. The van der Waals surface area contributed by atoms with Crippen LogP contribution < -0.4 is 20.1 Å². The van der Waals surface area contributed by atoms with E-state index in [0.717, 1.165) is 28.8 Å². The van der Waals surface area contributed by atoms with Gasteiger partial charge in [-0.1, -0.05) is 24.3 Å². The molecule has 7 nitrogen and oxygen atoms in total. The Morgan fingerprint density at radius 1 is 1.03 bits per heavy atom. The molecule has 0 radical (unpaired) electrons. The summed E-state index contributed by atoms with van der Waals surface area (Å²) in [6.07, 6.45) is 0.752. The molecule has 0 aromatic heterocycles. The normalized spacial score (nSPS) is 11.7. The van der Waals surface area contributed by atoms with Crippen LogP contribution in [0.3, 0.4) is 0 Å². The first-order valence-electron chi connectivity index (χ1n) is 10.3. The summed E-state index contributed by atoms with van der Waals surface area (Å²) in [5.41, 5.74) is 3.86. The molecule has 168 valence electrons. The molecule has 2 aromatic carbocycles. The zero-order chi connectivity index (χ0) is 23.0. The van der Waals surface area contributed by atoms with Gasteiger partial charge in [0.05, 0.1) is 26.8 Å². The number of para-hydroxylation sites is 1. The van der Waals surface area contributed by atoms with Gasteiger partial charge in [-0.3, -0.25) is 14.5 Å². The fraction of sp³-hybridized carbons (Fsp3) is 0.417. The fourth-order valence-electron chi connectivity index (χ4n) is 3.25. The molecular formula is C24H33N3O4. The van der Waals surface area contributed by atoms with Crippen molar-refractivity contribution in [2.45, 2.75) is 33.2 Å². The Morgan fingerprint density at radius 2 is 1.68 bits per heavy atom. The van der Waals surface area contributed by atoms with Crippen LogP contribution in [-0.2, 0) is 16.0 Å². The Morgan fingerprint density at radius 3 is 2.29 bits per heavy atom. The first-order valence-corrected chi connectivity index (χ1v) is 10.3. The zero-order valence-corrected chi connectivity index (χ0v) is 19.2. The van der Waals surface area contributed by atoms with Crippen LogP contribution in [0.5, 0.6) is 11.5 Å². The third-order valence-corrected chi connectivity index (χ3v) is 5.41. The van der Waals surface area contributed by atoms with Gasteiger partial charge in [0.1, 0.15) is 0 Å². The number of carbonyl (C=O) groups is 2. The number of nitrogens with one attached hydrogen (secondary N) is 2. The number of hydrogen-bond donors (Lipinski definition) is 2. The molecule has 2 aromatic rings. The van der Waals surface area contributed by atoms with E-state index in [1.165, 1.54) is 0 Å². The topological polar surface area (TPSA) is 79.9 Å². The predicted octanol–water partition coefficient (Wildman–Crippen LogP) is 2.94. The number of ether oxygens (including phenoxy) is 2. The quantitative estimate of drug-likeness (QED) is 0.609. The molecule has 1 atom stereocenters. The van der Waals surface area contributed by atoms with E-state index in [-0.39, 0.29) is 24.4 Å². The summed E-state index contributed by atoms with van der Waals surface area (Å²) >= 11 is 0. The molecule has 0 aliphatic rings. The molecule has 0 spiro atoms. The maximum Gasteiger partial charge on any atom is 0.243 e. The van der Waals surface area contributed by atoms with Crippen LogP contribution in [0.4, 0.5) is 5.69 Å². The lowest BCUT2D eigenvalue weighted by Gasteiger charge is -2.24. The van der Waals surface area contributed by atoms with Crippen LogP contribution in [0.25, 0.3) is 0 Å². The van der Waals surface area contributed by atoms with E-state index in [1.54, 1.807) is 14.2 Å². The largest absolute Gasteiger partial charge is 0.493 e. The van der Waals surface area contributed by atoms with Gasteiger partial charge in [0.15, 0.2) is 11.5 Å². The van der Waals surface area contributed by atoms with Crippen LogP contribution in [-0.4, -0.2) is 57.1 Å². The van der Waals surface area contributed by atoms with Crippen molar-refractivity contribution in [3.63, 3.8) is 0 Å². The summed E-state index contributed by atoms with van der Waals surface area (Å²) in [4.78, 5) is 26.7. The van der Waals surface area contributed by atoms with E-state index in [9.17, 15) is 9.59 Å². The van der Waals surface area contributed by atoms with Gasteiger partial charge in [0.25, 0.3) is 0 Å². The summed E-state index contributed by atoms with van der Waals surface area (Å²) < 4.78 is 10.6. The van der Waals surface area contributed by atoms with Crippen LogP contribution in [0.1, 0.15) is 23.6 Å². The highest BCUT2D eigenvalue weighted by molar-refractivity contribution is 5.96. The Balaban J connectivity index is 1.83. The van der Waals surface area contributed by atoms with Gasteiger partial charge in [0.2, 0.25) is 11.8 Å². The Kier molecular flexibility index (Phi) is 8.88. The van der Waals surface area contributed by atoms with Crippen molar-refractivity contribution in [3.05, 3.63) is 53.1 Å². The van der Waals surface area contributed by atoms with Crippen molar-refractivity contribution in [1.29, 1.82) is 0 Å². The van der Waals surface area contributed by atoms with E-state index in [1.807, 2.05) is 69.1 Å². The average molecular weight is 428 g/mol. The molecule has 7 heteroatoms. The van der Waals surface area contributed by atoms with Gasteiger partial charge < -0.3 is 20.1 Å². The van der Waals surface area contributed by atoms with Crippen molar-refractivity contribution >= 4 is 17.5 Å². The molecule has 0 aliphatic heterocycles. The van der Waals surface area contributed by atoms with E-state index < -0.39 is 0 Å². The minimum Gasteiger partial charge on any atom is -0.493 e. The molecule has 2 rings (SSSR count). The molecule has 0 fully saturated rings. The van der Waals surface area contributed by atoms with Gasteiger partial charge in [0, 0.05) is 12.2 Å². The number of benzene rings is 2. The number of anilines is 1. The van der Waals surface area contributed by atoms with Crippen LogP contribution in [0, 0.1) is 13.8 Å². The fourth-order valence-corrected chi connectivity index (χ4v) is 3.25.